The van der Waals surface area contributed by atoms with Gasteiger partial charge in [0.2, 0.25) is 5.91 Å². The molecule has 0 radical (unpaired) electrons. The van der Waals surface area contributed by atoms with E-state index in [1.165, 1.54) is 0 Å². The number of carboxylic acid groups (broad SMARTS) is 1. The lowest BCUT2D eigenvalue weighted by Gasteiger charge is -2.34. The van der Waals surface area contributed by atoms with E-state index in [-0.39, 0.29) is 17.7 Å². The largest absolute Gasteiger partial charge is 0.481 e. The highest BCUT2D eigenvalue weighted by molar-refractivity contribution is 7.98. The maximum absolute atomic E-state index is 11.8. The summed E-state index contributed by atoms with van der Waals surface area (Å²) in [5.74, 6) is 0.0120. The zero-order valence-electron chi connectivity index (χ0n) is 9.81. The molecule has 2 atom stereocenters. The molecule has 1 amide bonds. The van der Waals surface area contributed by atoms with Crippen LogP contribution in [0.4, 0.5) is 0 Å². The highest BCUT2D eigenvalue weighted by atomic mass is 32.2. The van der Waals surface area contributed by atoms with Crippen LogP contribution in [0, 0.1) is 11.8 Å². The Labute approximate surface area is 100 Å². The molecule has 0 aromatic carbocycles. The zero-order valence-corrected chi connectivity index (χ0v) is 10.6. The van der Waals surface area contributed by atoms with Crippen molar-refractivity contribution in [1.29, 1.82) is 0 Å². The fraction of sp³-hybridized carbons (Fsp3) is 0.818. The molecule has 1 fully saturated rings. The number of aliphatic carboxylic acids is 1. The quantitative estimate of drug-likeness (QED) is 0.811. The summed E-state index contributed by atoms with van der Waals surface area (Å²) in [5.41, 5.74) is 0. The third-order valence-electron chi connectivity index (χ3n) is 2.88. The molecule has 0 spiro atoms. The van der Waals surface area contributed by atoms with E-state index in [2.05, 4.69) is 0 Å². The Kier molecular flexibility index (Phi) is 5.12. The first-order chi connectivity index (χ1) is 7.54. The monoisotopic (exact) mass is 245 g/mol. The molecule has 0 aromatic heterocycles. The molecule has 0 bridgehead atoms. The number of piperidine rings is 1. The summed E-state index contributed by atoms with van der Waals surface area (Å²) in [4.78, 5) is 24.4. The summed E-state index contributed by atoms with van der Waals surface area (Å²) in [5, 5.41) is 8.99. The number of amides is 1. The SMILES string of the molecule is CSCCC(=O)N1CC(C)CC(C(=O)O)C1. The second-order valence-corrected chi connectivity index (χ2v) is 5.40. The van der Waals surface area contributed by atoms with Crippen molar-refractivity contribution in [2.75, 3.05) is 25.1 Å². The minimum absolute atomic E-state index is 0.0900. The van der Waals surface area contributed by atoms with E-state index in [4.69, 9.17) is 5.11 Å². The standard InChI is InChI=1S/C11H19NO3S/c1-8-5-9(11(14)15)7-12(6-8)10(13)3-4-16-2/h8-9H,3-7H2,1-2H3,(H,14,15). The molecule has 0 aromatic rings. The lowest BCUT2D eigenvalue weighted by Crippen LogP contribution is -2.45. The highest BCUT2D eigenvalue weighted by Gasteiger charge is 2.31. The number of carbonyl (C=O) groups is 2. The summed E-state index contributed by atoms with van der Waals surface area (Å²) >= 11 is 1.64. The molecular weight excluding hydrogens is 226 g/mol. The Hall–Kier alpha value is -0.710. The Balaban J connectivity index is 2.53. The first kappa shape index (κ1) is 13.4. The molecule has 1 aliphatic heterocycles. The summed E-state index contributed by atoms with van der Waals surface area (Å²) in [6, 6.07) is 0. The number of nitrogens with zero attached hydrogens (tertiary/aromatic N) is 1. The molecule has 1 saturated heterocycles. The number of carbonyl (C=O) groups excluding carboxylic acids is 1. The molecular formula is C11H19NO3S. The van der Waals surface area contributed by atoms with Crippen LogP contribution in [0.15, 0.2) is 0 Å². The molecule has 2 unspecified atom stereocenters. The molecule has 5 heteroatoms. The van der Waals surface area contributed by atoms with Gasteiger partial charge in [0.15, 0.2) is 0 Å². The highest BCUT2D eigenvalue weighted by Crippen LogP contribution is 2.22. The van der Waals surface area contributed by atoms with Gasteiger partial charge in [-0.3, -0.25) is 9.59 Å². The van der Waals surface area contributed by atoms with Gasteiger partial charge < -0.3 is 10.0 Å². The third-order valence-corrected chi connectivity index (χ3v) is 3.49. The van der Waals surface area contributed by atoms with Gasteiger partial charge in [0, 0.05) is 25.3 Å². The Bertz CT molecular complexity index is 270. The number of rotatable bonds is 4. The van der Waals surface area contributed by atoms with Crippen LogP contribution in [-0.4, -0.2) is 47.0 Å². The molecule has 1 heterocycles. The van der Waals surface area contributed by atoms with Crippen molar-refractivity contribution in [3.8, 4) is 0 Å². The van der Waals surface area contributed by atoms with E-state index in [0.29, 0.717) is 25.9 Å². The first-order valence-corrected chi connectivity index (χ1v) is 6.93. The van der Waals surface area contributed by atoms with Crippen molar-refractivity contribution in [2.45, 2.75) is 19.8 Å². The van der Waals surface area contributed by atoms with E-state index in [1.54, 1.807) is 16.7 Å². The van der Waals surface area contributed by atoms with Gasteiger partial charge in [-0.15, -0.1) is 0 Å². The van der Waals surface area contributed by atoms with Crippen molar-refractivity contribution in [2.24, 2.45) is 11.8 Å². The normalized spacial score (nSPS) is 25.5. The van der Waals surface area contributed by atoms with E-state index < -0.39 is 5.97 Å². The van der Waals surface area contributed by atoms with Gasteiger partial charge in [-0.1, -0.05) is 6.92 Å². The summed E-state index contributed by atoms with van der Waals surface area (Å²) in [6.45, 7) is 3.09. The van der Waals surface area contributed by atoms with Crippen LogP contribution in [0.5, 0.6) is 0 Å². The molecule has 16 heavy (non-hydrogen) atoms. The summed E-state index contributed by atoms with van der Waals surface area (Å²) in [6.07, 6.45) is 3.16. The summed E-state index contributed by atoms with van der Waals surface area (Å²) < 4.78 is 0. The molecule has 1 rings (SSSR count). The lowest BCUT2D eigenvalue weighted by molar-refractivity contribution is -0.146. The van der Waals surface area contributed by atoms with Gasteiger partial charge >= 0.3 is 5.97 Å². The molecule has 0 aliphatic carbocycles. The van der Waals surface area contributed by atoms with Gasteiger partial charge in [0.25, 0.3) is 0 Å². The van der Waals surface area contributed by atoms with Gasteiger partial charge in [-0.05, 0) is 18.6 Å². The number of hydrogen-bond acceptors (Lipinski definition) is 3. The van der Waals surface area contributed by atoms with Gasteiger partial charge in [0.1, 0.15) is 0 Å². The molecule has 92 valence electrons. The van der Waals surface area contributed by atoms with Crippen LogP contribution < -0.4 is 0 Å². The minimum atomic E-state index is -0.783. The van der Waals surface area contributed by atoms with Crippen LogP contribution in [0.1, 0.15) is 19.8 Å². The summed E-state index contributed by atoms with van der Waals surface area (Å²) in [7, 11) is 0. The van der Waals surface area contributed by atoms with E-state index in [9.17, 15) is 9.59 Å². The smallest absolute Gasteiger partial charge is 0.308 e. The van der Waals surface area contributed by atoms with Gasteiger partial charge in [0.05, 0.1) is 5.92 Å². The second kappa shape index (κ2) is 6.13. The number of likely N-dealkylation sites (tertiary alicyclic amines) is 1. The Morgan fingerprint density at radius 1 is 1.44 bits per heavy atom. The second-order valence-electron chi connectivity index (χ2n) is 4.42. The molecule has 0 saturated carbocycles. The van der Waals surface area contributed by atoms with E-state index in [1.807, 2.05) is 13.2 Å². The minimum Gasteiger partial charge on any atom is -0.481 e. The van der Waals surface area contributed by atoms with Crippen LogP contribution in [0.3, 0.4) is 0 Å². The predicted molar refractivity (Wildman–Crippen MR) is 64.5 cm³/mol. The van der Waals surface area contributed by atoms with E-state index in [0.717, 1.165) is 5.75 Å². The zero-order chi connectivity index (χ0) is 12.1. The molecule has 4 nitrogen and oxygen atoms in total. The van der Waals surface area contributed by atoms with E-state index >= 15 is 0 Å². The average molecular weight is 245 g/mol. The van der Waals surface area contributed by atoms with Crippen LogP contribution in [-0.2, 0) is 9.59 Å². The fourth-order valence-electron chi connectivity index (χ4n) is 2.08. The average Bonchev–Trinajstić information content (AvgIpc) is 2.24. The third kappa shape index (κ3) is 3.70. The Morgan fingerprint density at radius 2 is 2.12 bits per heavy atom. The molecule has 1 aliphatic rings. The number of thioether (sulfide) groups is 1. The van der Waals surface area contributed by atoms with Crippen LogP contribution in [0.2, 0.25) is 0 Å². The van der Waals surface area contributed by atoms with Crippen molar-refractivity contribution in [1.82, 2.24) is 4.90 Å². The maximum Gasteiger partial charge on any atom is 0.308 e. The number of carboxylic acids is 1. The number of hydrogen-bond donors (Lipinski definition) is 1. The van der Waals surface area contributed by atoms with Crippen molar-refractivity contribution in [3.63, 3.8) is 0 Å². The fourth-order valence-corrected chi connectivity index (χ4v) is 2.46. The van der Waals surface area contributed by atoms with Crippen LogP contribution in [0.25, 0.3) is 0 Å². The lowest BCUT2D eigenvalue weighted by atomic mass is 9.90. The van der Waals surface area contributed by atoms with Crippen molar-refractivity contribution in [3.05, 3.63) is 0 Å². The first-order valence-electron chi connectivity index (χ1n) is 5.54. The van der Waals surface area contributed by atoms with Crippen molar-refractivity contribution < 1.29 is 14.7 Å². The Morgan fingerprint density at radius 3 is 2.69 bits per heavy atom. The van der Waals surface area contributed by atoms with Crippen LogP contribution >= 0.6 is 11.8 Å². The van der Waals surface area contributed by atoms with Gasteiger partial charge in [-0.25, -0.2) is 0 Å². The maximum atomic E-state index is 11.8. The van der Waals surface area contributed by atoms with Crippen molar-refractivity contribution >= 4 is 23.6 Å². The predicted octanol–water partition coefficient (Wildman–Crippen LogP) is 1.31. The molecule has 1 N–H and O–H groups in total. The topological polar surface area (TPSA) is 57.6 Å². The van der Waals surface area contributed by atoms with Gasteiger partial charge in [-0.2, -0.15) is 11.8 Å².